The molecule has 0 fully saturated rings. The highest BCUT2D eigenvalue weighted by Gasteiger charge is 2.15. The van der Waals surface area contributed by atoms with E-state index in [0.717, 1.165) is 11.6 Å². The maximum atomic E-state index is 12.6. The molecule has 0 radical (unpaired) electrons. The molecule has 162 valence electrons. The second-order valence-corrected chi connectivity index (χ2v) is 8.30. The average Bonchev–Trinajstić information content (AvgIpc) is 3.14. The summed E-state index contributed by atoms with van der Waals surface area (Å²) in [6, 6.07) is 17.1. The van der Waals surface area contributed by atoms with Gasteiger partial charge in [0, 0.05) is 17.7 Å². The van der Waals surface area contributed by atoms with Crippen molar-refractivity contribution in [3.63, 3.8) is 0 Å². The van der Waals surface area contributed by atoms with Crippen molar-refractivity contribution >= 4 is 35.0 Å². The van der Waals surface area contributed by atoms with Crippen LogP contribution in [0.2, 0.25) is 0 Å². The standard InChI is InChI=1S/C22H25N5O2S2/c1-4-19-24-25-22(31-14-16-9-6-5-7-10-16)27(19)26-21(30)23-20(28)17-11-8-12-18(13-17)29-15(2)3/h5-13,15H,4,14H2,1-3H3,(H2,23,26,28,30). The Morgan fingerprint density at radius 3 is 2.65 bits per heavy atom. The summed E-state index contributed by atoms with van der Waals surface area (Å²) in [5.74, 6) is 1.77. The third-order valence-corrected chi connectivity index (χ3v) is 5.33. The van der Waals surface area contributed by atoms with Crippen LogP contribution in [0.3, 0.4) is 0 Å². The molecule has 9 heteroatoms. The van der Waals surface area contributed by atoms with Crippen LogP contribution in [0.25, 0.3) is 0 Å². The lowest BCUT2D eigenvalue weighted by Crippen LogP contribution is -2.38. The predicted molar refractivity (Wildman–Crippen MR) is 127 cm³/mol. The minimum Gasteiger partial charge on any atom is -0.491 e. The highest BCUT2D eigenvalue weighted by Crippen LogP contribution is 2.21. The van der Waals surface area contributed by atoms with E-state index in [1.54, 1.807) is 22.9 Å². The first-order chi connectivity index (χ1) is 15.0. The number of rotatable bonds is 8. The molecule has 0 saturated carbocycles. The van der Waals surface area contributed by atoms with Crippen LogP contribution in [0, 0.1) is 0 Å². The Morgan fingerprint density at radius 2 is 1.94 bits per heavy atom. The number of amides is 1. The van der Waals surface area contributed by atoms with E-state index in [9.17, 15) is 4.79 Å². The summed E-state index contributed by atoms with van der Waals surface area (Å²) in [5, 5.41) is 12.0. The van der Waals surface area contributed by atoms with Crippen LogP contribution in [0.15, 0.2) is 59.8 Å². The third kappa shape index (κ3) is 6.53. The van der Waals surface area contributed by atoms with Crippen molar-refractivity contribution in [2.45, 2.75) is 44.2 Å². The number of thiocarbonyl (C=S) groups is 1. The monoisotopic (exact) mass is 455 g/mol. The van der Waals surface area contributed by atoms with Gasteiger partial charge < -0.3 is 4.74 Å². The maximum Gasteiger partial charge on any atom is 0.257 e. The molecule has 1 amide bonds. The van der Waals surface area contributed by atoms with Crippen LogP contribution in [-0.4, -0.2) is 32.0 Å². The number of aromatic nitrogens is 3. The molecule has 0 saturated heterocycles. The molecule has 0 aliphatic heterocycles. The number of hydrogen-bond donors (Lipinski definition) is 2. The van der Waals surface area contributed by atoms with Gasteiger partial charge in [-0.05, 0) is 49.8 Å². The van der Waals surface area contributed by atoms with E-state index in [1.165, 1.54) is 17.3 Å². The van der Waals surface area contributed by atoms with Gasteiger partial charge in [0.15, 0.2) is 10.9 Å². The summed E-state index contributed by atoms with van der Waals surface area (Å²) in [7, 11) is 0. The Balaban J connectivity index is 1.66. The lowest BCUT2D eigenvalue weighted by atomic mass is 10.2. The number of hydrogen-bond acceptors (Lipinski definition) is 6. The number of carbonyl (C=O) groups is 1. The molecular formula is C22H25N5O2S2. The zero-order valence-electron chi connectivity index (χ0n) is 17.7. The van der Waals surface area contributed by atoms with E-state index in [1.807, 2.05) is 45.0 Å². The molecule has 0 aliphatic rings. The first-order valence-corrected chi connectivity index (χ1v) is 11.4. The lowest BCUT2D eigenvalue weighted by molar-refractivity contribution is 0.0976. The SMILES string of the molecule is CCc1nnc(SCc2ccccc2)n1NC(=S)NC(=O)c1cccc(OC(C)C)c1. The molecule has 31 heavy (non-hydrogen) atoms. The Labute approximate surface area is 191 Å². The Hall–Kier alpha value is -2.91. The molecule has 7 nitrogen and oxygen atoms in total. The Morgan fingerprint density at radius 1 is 1.16 bits per heavy atom. The Kier molecular flexibility index (Phi) is 8.02. The van der Waals surface area contributed by atoms with Crippen molar-refractivity contribution in [1.29, 1.82) is 0 Å². The van der Waals surface area contributed by atoms with Crippen LogP contribution in [0.4, 0.5) is 0 Å². The number of aryl methyl sites for hydroxylation is 1. The molecule has 1 aromatic heterocycles. The van der Waals surface area contributed by atoms with Gasteiger partial charge in [0.2, 0.25) is 5.16 Å². The molecule has 0 atom stereocenters. The molecule has 3 aromatic rings. The van der Waals surface area contributed by atoms with E-state index in [-0.39, 0.29) is 17.1 Å². The van der Waals surface area contributed by atoms with Crippen molar-refractivity contribution in [2.75, 3.05) is 5.43 Å². The van der Waals surface area contributed by atoms with Crippen molar-refractivity contribution < 1.29 is 9.53 Å². The highest BCUT2D eigenvalue weighted by atomic mass is 32.2. The summed E-state index contributed by atoms with van der Waals surface area (Å²) in [5.41, 5.74) is 4.67. The fourth-order valence-electron chi connectivity index (χ4n) is 2.74. The minimum absolute atomic E-state index is 0.0223. The summed E-state index contributed by atoms with van der Waals surface area (Å²) in [6.07, 6.45) is 0.686. The highest BCUT2D eigenvalue weighted by molar-refractivity contribution is 7.98. The number of nitrogens with zero attached hydrogens (tertiary/aromatic N) is 3. The van der Waals surface area contributed by atoms with E-state index < -0.39 is 0 Å². The van der Waals surface area contributed by atoms with E-state index in [4.69, 9.17) is 17.0 Å². The van der Waals surface area contributed by atoms with Gasteiger partial charge in [-0.1, -0.05) is 55.1 Å². The van der Waals surface area contributed by atoms with Gasteiger partial charge in [-0.3, -0.25) is 15.5 Å². The maximum absolute atomic E-state index is 12.6. The Bertz CT molecular complexity index is 1040. The molecule has 0 aliphatic carbocycles. The molecule has 0 bridgehead atoms. The number of ether oxygens (including phenoxy) is 1. The molecule has 0 spiro atoms. The van der Waals surface area contributed by atoms with Gasteiger partial charge in [0.05, 0.1) is 6.10 Å². The fourth-order valence-corrected chi connectivity index (χ4v) is 3.80. The van der Waals surface area contributed by atoms with E-state index in [2.05, 4.69) is 33.1 Å². The molecule has 1 heterocycles. The van der Waals surface area contributed by atoms with Gasteiger partial charge in [-0.15, -0.1) is 10.2 Å². The molecule has 0 unspecified atom stereocenters. The topological polar surface area (TPSA) is 81.1 Å². The molecule has 2 aromatic carbocycles. The third-order valence-electron chi connectivity index (χ3n) is 4.14. The van der Waals surface area contributed by atoms with Crippen molar-refractivity contribution in [2.24, 2.45) is 0 Å². The van der Waals surface area contributed by atoms with Crippen LogP contribution in [0.5, 0.6) is 5.75 Å². The summed E-state index contributed by atoms with van der Waals surface area (Å²) in [4.78, 5) is 12.6. The van der Waals surface area contributed by atoms with Crippen LogP contribution >= 0.6 is 24.0 Å². The second-order valence-electron chi connectivity index (χ2n) is 6.95. The lowest BCUT2D eigenvalue weighted by Gasteiger charge is -2.14. The fraction of sp³-hybridized carbons (Fsp3) is 0.273. The van der Waals surface area contributed by atoms with E-state index in [0.29, 0.717) is 22.9 Å². The van der Waals surface area contributed by atoms with Gasteiger partial charge in [0.1, 0.15) is 5.75 Å². The number of nitrogens with one attached hydrogen (secondary N) is 2. The zero-order valence-corrected chi connectivity index (χ0v) is 19.3. The normalized spacial score (nSPS) is 10.7. The first-order valence-electron chi connectivity index (χ1n) is 9.96. The van der Waals surface area contributed by atoms with Gasteiger partial charge in [0.25, 0.3) is 5.91 Å². The van der Waals surface area contributed by atoms with Crippen molar-refractivity contribution in [3.8, 4) is 5.75 Å². The largest absolute Gasteiger partial charge is 0.491 e. The minimum atomic E-state index is -0.323. The zero-order chi connectivity index (χ0) is 22.2. The van der Waals surface area contributed by atoms with Crippen molar-refractivity contribution in [3.05, 3.63) is 71.5 Å². The van der Waals surface area contributed by atoms with Crippen LogP contribution < -0.4 is 15.5 Å². The quantitative estimate of drug-likeness (QED) is 0.390. The summed E-state index contributed by atoms with van der Waals surface area (Å²) < 4.78 is 7.37. The van der Waals surface area contributed by atoms with Crippen LogP contribution in [-0.2, 0) is 12.2 Å². The van der Waals surface area contributed by atoms with E-state index >= 15 is 0 Å². The van der Waals surface area contributed by atoms with Gasteiger partial charge >= 0.3 is 0 Å². The molecule has 2 N–H and O–H groups in total. The second kappa shape index (κ2) is 10.9. The predicted octanol–water partition coefficient (Wildman–Crippen LogP) is 4.18. The van der Waals surface area contributed by atoms with Crippen molar-refractivity contribution in [1.82, 2.24) is 20.2 Å². The molecular weight excluding hydrogens is 430 g/mol. The van der Waals surface area contributed by atoms with Crippen LogP contribution in [0.1, 0.15) is 42.5 Å². The number of thioether (sulfide) groups is 1. The number of benzene rings is 2. The average molecular weight is 456 g/mol. The smallest absolute Gasteiger partial charge is 0.257 e. The summed E-state index contributed by atoms with van der Waals surface area (Å²) >= 11 is 6.91. The summed E-state index contributed by atoms with van der Waals surface area (Å²) in [6.45, 7) is 5.85. The van der Waals surface area contributed by atoms with Gasteiger partial charge in [-0.2, -0.15) is 0 Å². The first kappa shape index (κ1) is 22.8. The molecule has 3 rings (SSSR count). The number of carbonyl (C=O) groups excluding carboxylic acids is 1. The van der Waals surface area contributed by atoms with Gasteiger partial charge in [-0.25, -0.2) is 4.68 Å².